The summed E-state index contributed by atoms with van der Waals surface area (Å²) in [7, 11) is 1.52. The Morgan fingerprint density at radius 2 is 1.86 bits per heavy atom. The number of nitrogens with zero attached hydrogens (tertiary/aromatic N) is 1. The van der Waals surface area contributed by atoms with Crippen molar-refractivity contribution in [1.82, 2.24) is 5.32 Å². The molecule has 0 aromatic heterocycles. The number of rotatable bonds is 6. The summed E-state index contributed by atoms with van der Waals surface area (Å²) < 4.78 is 11.0. The predicted octanol–water partition coefficient (Wildman–Crippen LogP) is 3.46. The van der Waals surface area contributed by atoms with Crippen LogP contribution in [0, 0.1) is 6.92 Å². The highest BCUT2D eigenvalue weighted by Gasteiger charge is 2.36. The maximum atomic E-state index is 12.9. The molecular formula is C22H22N2O5. The van der Waals surface area contributed by atoms with E-state index in [1.165, 1.54) is 13.2 Å². The number of anilines is 1. The molecule has 29 heavy (non-hydrogen) atoms. The number of methoxy groups -OCH3 is 1. The van der Waals surface area contributed by atoms with E-state index in [-0.39, 0.29) is 5.57 Å². The van der Waals surface area contributed by atoms with Crippen LogP contribution >= 0.6 is 0 Å². The molecule has 1 aliphatic rings. The largest absolute Gasteiger partial charge is 0.493 e. The average molecular weight is 394 g/mol. The number of carbonyl (C=O) groups excluding carboxylic acids is 3. The highest BCUT2D eigenvalue weighted by Crippen LogP contribution is 2.30. The fourth-order valence-corrected chi connectivity index (χ4v) is 2.93. The van der Waals surface area contributed by atoms with Gasteiger partial charge >= 0.3 is 6.03 Å². The van der Waals surface area contributed by atoms with E-state index in [2.05, 4.69) is 5.32 Å². The molecule has 1 saturated heterocycles. The van der Waals surface area contributed by atoms with Gasteiger partial charge in [-0.05, 0) is 54.8 Å². The summed E-state index contributed by atoms with van der Waals surface area (Å²) in [6.07, 6.45) is 2.28. The quantitative estimate of drug-likeness (QED) is 0.599. The van der Waals surface area contributed by atoms with E-state index < -0.39 is 17.8 Å². The second-order valence-corrected chi connectivity index (χ2v) is 6.56. The number of nitrogens with one attached hydrogen (secondary N) is 1. The molecule has 1 fully saturated rings. The van der Waals surface area contributed by atoms with Crippen molar-refractivity contribution in [3.05, 3.63) is 59.2 Å². The first-order valence-corrected chi connectivity index (χ1v) is 9.23. The van der Waals surface area contributed by atoms with Crippen molar-refractivity contribution in [2.24, 2.45) is 0 Å². The molecule has 0 unspecified atom stereocenters. The molecule has 0 atom stereocenters. The van der Waals surface area contributed by atoms with Crippen LogP contribution in [-0.4, -0.2) is 31.6 Å². The minimum atomic E-state index is -0.774. The van der Waals surface area contributed by atoms with Gasteiger partial charge < -0.3 is 9.47 Å². The Labute approximate surface area is 168 Å². The van der Waals surface area contributed by atoms with Crippen LogP contribution in [0.25, 0.3) is 6.08 Å². The Hall–Kier alpha value is -3.61. The monoisotopic (exact) mass is 394 g/mol. The van der Waals surface area contributed by atoms with Gasteiger partial charge in [0.05, 0.1) is 19.4 Å². The number of barbiturate groups is 1. The van der Waals surface area contributed by atoms with Crippen LogP contribution in [0.5, 0.6) is 11.5 Å². The maximum Gasteiger partial charge on any atom is 0.335 e. The van der Waals surface area contributed by atoms with Gasteiger partial charge in [0.2, 0.25) is 0 Å². The van der Waals surface area contributed by atoms with Crippen LogP contribution in [0.2, 0.25) is 0 Å². The van der Waals surface area contributed by atoms with E-state index in [0.717, 1.165) is 16.9 Å². The highest BCUT2D eigenvalue weighted by molar-refractivity contribution is 6.39. The second kappa shape index (κ2) is 8.60. The molecule has 2 aromatic rings. The Morgan fingerprint density at radius 1 is 1.07 bits per heavy atom. The predicted molar refractivity (Wildman–Crippen MR) is 109 cm³/mol. The molecule has 0 spiro atoms. The molecule has 150 valence electrons. The lowest BCUT2D eigenvalue weighted by Crippen LogP contribution is -2.54. The van der Waals surface area contributed by atoms with Crippen LogP contribution < -0.4 is 19.7 Å². The third-order valence-electron chi connectivity index (χ3n) is 4.32. The normalized spacial score (nSPS) is 15.5. The summed E-state index contributed by atoms with van der Waals surface area (Å²) in [5, 5.41) is 2.22. The van der Waals surface area contributed by atoms with Gasteiger partial charge in [-0.25, -0.2) is 9.69 Å². The fourth-order valence-electron chi connectivity index (χ4n) is 2.93. The lowest BCUT2D eigenvalue weighted by Gasteiger charge is -2.26. The van der Waals surface area contributed by atoms with E-state index in [1.54, 1.807) is 36.4 Å². The summed E-state index contributed by atoms with van der Waals surface area (Å²) in [6, 6.07) is 11.3. The smallest absolute Gasteiger partial charge is 0.335 e. The molecule has 0 bridgehead atoms. The van der Waals surface area contributed by atoms with E-state index in [0.29, 0.717) is 29.4 Å². The average Bonchev–Trinajstić information content (AvgIpc) is 2.69. The second-order valence-electron chi connectivity index (χ2n) is 6.56. The van der Waals surface area contributed by atoms with Crippen LogP contribution in [0.4, 0.5) is 10.5 Å². The van der Waals surface area contributed by atoms with Crippen molar-refractivity contribution in [2.75, 3.05) is 18.6 Å². The number of imide groups is 2. The summed E-state index contributed by atoms with van der Waals surface area (Å²) >= 11 is 0. The van der Waals surface area contributed by atoms with Crippen molar-refractivity contribution in [2.45, 2.75) is 20.3 Å². The topological polar surface area (TPSA) is 84.9 Å². The van der Waals surface area contributed by atoms with Gasteiger partial charge in [-0.3, -0.25) is 14.9 Å². The summed E-state index contributed by atoms with van der Waals surface area (Å²) in [4.78, 5) is 38.5. The van der Waals surface area contributed by atoms with Gasteiger partial charge in [-0.1, -0.05) is 25.1 Å². The summed E-state index contributed by atoms with van der Waals surface area (Å²) in [5.74, 6) is -0.362. The number of carbonyl (C=O) groups is 3. The first-order valence-electron chi connectivity index (χ1n) is 9.23. The number of aryl methyl sites for hydroxylation is 1. The summed E-state index contributed by atoms with van der Waals surface area (Å²) in [5.41, 5.74) is 1.71. The minimum Gasteiger partial charge on any atom is -0.493 e. The molecule has 1 heterocycles. The highest BCUT2D eigenvalue weighted by atomic mass is 16.5. The first-order chi connectivity index (χ1) is 13.9. The zero-order valence-corrected chi connectivity index (χ0v) is 16.5. The molecule has 4 amide bonds. The van der Waals surface area contributed by atoms with Crippen LogP contribution in [0.1, 0.15) is 24.5 Å². The van der Waals surface area contributed by atoms with E-state index >= 15 is 0 Å². The van der Waals surface area contributed by atoms with E-state index in [1.807, 2.05) is 19.9 Å². The van der Waals surface area contributed by atoms with E-state index in [4.69, 9.17) is 9.47 Å². The molecule has 2 aromatic carbocycles. The lowest BCUT2D eigenvalue weighted by molar-refractivity contribution is -0.122. The van der Waals surface area contributed by atoms with Crippen molar-refractivity contribution >= 4 is 29.6 Å². The van der Waals surface area contributed by atoms with Crippen molar-refractivity contribution in [3.8, 4) is 11.5 Å². The fraction of sp³-hybridized carbons (Fsp3) is 0.227. The standard InChI is InChI=1S/C22H22N2O5/c1-4-10-29-18-9-8-15(13-19(18)28-3)12-17-20(25)23-22(27)24(21(17)26)16-7-5-6-14(2)11-16/h5-9,11-13H,4,10H2,1-3H3,(H,23,25,27)/b17-12+. The molecule has 3 rings (SSSR count). The zero-order chi connectivity index (χ0) is 21.0. The zero-order valence-electron chi connectivity index (χ0n) is 16.5. The molecule has 0 saturated carbocycles. The van der Waals surface area contributed by atoms with Crippen molar-refractivity contribution in [1.29, 1.82) is 0 Å². The molecule has 7 heteroatoms. The van der Waals surface area contributed by atoms with Crippen LogP contribution in [-0.2, 0) is 9.59 Å². The number of amides is 4. The first kappa shape index (κ1) is 20.1. The van der Waals surface area contributed by atoms with E-state index in [9.17, 15) is 14.4 Å². The number of hydrogen-bond acceptors (Lipinski definition) is 5. The Kier molecular flexibility index (Phi) is 5.97. The third kappa shape index (κ3) is 4.29. The van der Waals surface area contributed by atoms with Crippen molar-refractivity contribution < 1.29 is 23.9 Å². The molecule has 0 aliphatic carbocycles. The molecule has 0 radical (unpaired) electrons. The molecular weight excluding hydrogens is 372 g/mol. The van der Waals surface area contributed by atoms with Crippen LogP contribution in [0.3, 0.4) is 0 Å². The van der Waals surface area contributed by atoms with Crippen LogP contribution in [0.15, 0.2) is 48.0 Å². The maximum absolute atomic E-state index is 12.9. The number of hydrogen-bond donors (Lipinski definition) is 1. The van der Waals surface area contributed by atoms with Gasteiger partial charge in [0.25, 0.3) is 11.8 Å². The minimum absolute atomic E-state index is 0.143. The number of urea groups is 1. The van der Waals surface area contributed by atoms with Crippen molar-refractivity contribution in [3.63, 3.8) is 0 Å². The van der Waals surface area contributed by atoms with Gasteiger partial charge in [0, 0.05) is 0 Å². The molecule has 1 N–H and O–H groups in total. The lowest BCUT2D eigenvalue weighted by atomic mass is 10.1. The Morgan fingerprint density at radius 3 is 2.55 bits per heavy atom. The van der Waals surface area contributed by atoms with Gasteiger partial charge in [0.15, 0.2) is 11.5 Å². The van der Waals surface area contributed by atoms with Gasteiger partial charge in [0.1, 0.15) is 5.57 Å². The number of benzene rings is 2. The van der Waals surface area contributed by atoms with Gasteiger partial charge in [-0.15, -0.1) is 0 Å². The Balaban J connectivity index is 1.96. The molecule has 7 nitrogen and oxygen atoms in total. The Bertz CT molecular complexity index is 996. The summed E-state index contributed by atoms with van der Waals surface area (Å²) in [6.45, 7) is 4.40. The van der Waals surface area contributed by atoms with Gasteiger partial charge in [-0.2, -0.15) is 0 Å². The SMILES string of the molecule is CCCOc1ccc(/C=C2\C(=O)NC(=O)N(c3cccc(C)c3)C2=O)cc1OC. The molecule has 1 aliphatic heterocycles. The number of ether oxygens (including phenoxy) is 2. The third-order valence-corrected chi connectivity index (χ3v) is 4.32.